The molecule has 162 valence electrons. The minimum Gasteiger partial charge on any atom is -0.492 e. The lowest BCUT2D eigenvalue weighted by atomic mass is 10.0. The van der Waals surface area contributed by atoms with Gasteiger partial charge in [0.25, 0.3) is 0 Å². The summed E-state index contributed by atoms with van der Waals surface area (Å²) in [4.78, 5) is 7.87. The Balaban J connectivity index is 1.77. The summed E-state index contributed by atoms with van der Waals surface area (Å²) in [6, 6.07) is 3.33. The summed E-state index contributed by atoms with van der Waals surface area (Å²) in [5.74, 6) is 0.409. The van der Waals surface area contributed by atoms with Crippen LogP contribution in [0.25, 0.3) is 11.4 Å². The molecule has 0 aliphatic heterocycles. The molecule has 0 bridgehead atoms. The third-order valence-electron chi connectivity index (χ3n) is 4.63. The van der Waals surface area contributed by atoms with Crippen molar-refractivity contribution >= 4 is 0 Å². The van der Waals surface area contributed by atoms with E-state index in [2.05, 4.69) is 24.8 Å². The molecule has 0 fully saturated rings. The zero-order valence-electron chi connectivity index (χ0n) is 17.4. The van der Waals surface area contributed by atoms with Crippen LogP contribution in [0, 0.1) is 13.8 Å². The van der Waals surface area contributed by atoms with Gasteiger partial charge in [-0.25, -0.2) is 0 Å². The maximum Gasteiger partial charge on any atom is 0.471 e. The van der Waals surface area contributed by atoms with E-state index in [-0.39, 0.29) is 17.7 Å². The number of alkyl halides is 3. The maximum absolute atomic E-state index is 12.7. The Kier molecular flexibility index (Phi) is 6.14. The molecule has 0 amide bonds. The SMILES string of the molecule is CCC(COc1c(C)cc(-c2noc(C(F)(F)F)n2)cc1C)c1nc(C(C)C)no1. The zero-order valence-corrected chi connectivity index (χ0v) is 17.4. The Morgan fingerprint density at radius 2 is 1.70 bits per heavy atom. The Bertz CT molecular complexity index is 988. The first-order valence-electron chi connectivity index (χ1n) is 9.59. The van der Waals surface area contributed by atoms with Crippen LogP contribution in [0.5, 0.6) is 5.75 Å². The predicted octanol–water partition coefficient (Wildman–Crippen LogP) is 5.45. The minimum absolute atomic E-state index is 0.0740. The number of aromatic nitrogens is 4. The summed E-state index contributed by atoms with van der Waals surface area (Å²) in [7, 11) is 0. The van der Waals surface area contributed by atoms with Crippen molar-refractivity contribution in [2.45, 2.75) is 59.1 Å². The van der Waals surface area contributed by atoms with Gasteiger partial charge in [0.05, 0.1) is 12.5 Å². The minimum atomic E-state index is -4.68. The fourth-order valence-electron chi connectivity index (χ4n) is 2.96. The number of benzene rings is 1. The van der Waals surface area contributed by atoms with E-state index in [0.717, 1.165) is 17.5 Å². The molecule has 0 spiro atoms. The molecule has 7 nitrogen and oxygen atoms in total. The highest BCUT2D eigenvalue weighted by atomic mass is 19.4. The average molecular weight is 424 g/mol. The van der Waals surface area contributed by atoms with E-state index in [9.17, 15) is 13.2 Å². The molecule has 3 rings (SSSR count). The summed E-state index contributed by atoms with van der Waals surface area (Å²) in [5, 5.41) is 7.43. The standard InChI is InChI=1S/C20H23F3N4O3/c1-6-13(18-24-16(10(2)3)26-29-18)9-28-15-11(4)7-14(8-12(15)5)17-25-19(30-27-17)20(21,22)23/h7-8,10,13H,6,9H2,1-5H3. The molecule has 10 heteroatoms. The predicted molar refractivity (Wildman–Crippen MR) is 101 cm³/mol. The van der Waals surface area contributed by atoms with Crippen molar-refractivity contribution in [1.82, 2.24) is 20.3 Å². The molecule has 0 aliphatic rings. The van der Waals surface area contributed by atoms with Crippen molar-refractivity contribution in [1.29, 1.82) is 0 Å². The summed E-state index contributed by atoms with van der Waals surface area (Å²) < 4.78 is 53.8. The number of halogens is 3. The summed E-state index contributed by atoms with van der Waals surface area (Å²) in [6.07, 6.45) is -3.93. The van der Waals surface area contributed by atoms with Gasteiger partial charge in [0.1, 0.15) is 5.75 Å². The number of hydrogen-bond acceptors (Lipinski definition) is 7. The first kappa shape index (κ1) is 21.8. The van der Waals surface area contributed by atoms with Gasteiger partial charge in [-0.15, -0.1) is 0 Å². The zero-order chi connectivity index (χ0) is 22.1. The highest BCUT2D eigenvalue weighted by Gasteiger charge is 2.38. The van der Waals surface area contributed by atoms with Gasteiger partial charge in [-0.2, -0.15) is 23.1 Å². The van der Waals surface area contributed by atoms with Gasteiger partial charge in [-0.05, 0) is 43.5 Å². The van der Waals surface area contributed by atoms with E-state index >= 15 is 0 Å². The van der Waals surface area contributed by atoms with Crippen LogP contribution in [0.3, 0.4) is 0 Å². The van der Waals surface area contributed by atoms with Crippen LogP contribution in [0.2, 0.25) is 0 Å². The van der Waals surface area contributed by atoms with Crippen LogP contribution in [-0.4, -0.2) is 26.9 Å². The maximum atomic E-state index is 12.7. The normalized spacial score (nSPS) is 13.1. The number of aryl methyl sites for hydroxylation is 2. The molecular weight excluding hydrogens is 401 g/mol. The first-order chi connectivity index (χ1) is 14.1. The molecule has 1 unspecified atom stereocenters. The Morgan fingerprint density at radius 1 is 1.03 bits per heavy atom. The van der Waals surface area contributed by atoms with Crippen molar-refractivity contribution in [2.75, 3.05) is 6.61 Å². The second kappa shape index (κ2) is 8.45. The van der Waals surface area contributed by atoms with Gasteiger partial charge in [0.15, 0.2) is 5.82 Å². The lowest BCUT2D eigenvalue weighted by molar-refractivity contribution is -0.159. The summed E-state index contributed by atoms with van der Waals surface area (Å²) >= 11 is 0. The Morgan fingerprint density at radius 3 is 2.20 bits per heavy atom. The van der Waals surface area contributed by atoms with E-state index in [0.29, 0.717) is 29.6 Å². The third kappa shape index (κ3) is 4.63. The topological polar surface area (TPSA) is 87.1 Å². The van der Waals surface area contributed by atoms with Crippen LogP contribution < -0.4 is 4.74 Å². The van der Waals surface area contributed by atoms with Crippen molar-refractivity contribution < 1.29 is 27.0 Å². The van der Waals surface area contributed by atoms with Gasteiger partial charge in [-0.3, -0.25) is 0 Å². The van der Waals surface area contributed by atoms with Gasteiger partial charge in [-0.1, -0.05) is 31.1 Å². The molecule has 0 radical (unpaired) electrons. The van der Waals surface area contributed by atoms with Crippen LogP contribution in [0.4, 0.5) is 13.2 Å². The lowest BCUT2D eigenvalue weighted by Gasteiger charge is -2.16. The van der Waals surface area contributed by atoms with E-state index in [1.165, 1.54) is 0 Å². The van der Waals surface area contributed by atoms with E-state index in [4.69, 9.17) is 9.26 Å². The Hall–Kier alpha value is -2.91. The van der Waals surface area contributed by atoms with Crippen LogP contribution in [0.15, 0.2) is 21.2 Å². The second-order valence-electron chi connectivity index (χ2n) is 7.42. The molecule has 1 atom stereocenters. The fraction of sp³-hybridized carbons (Fsp3) is 0.500. The number of nitrogens with zero attached hydrogens (tertiary/aromatic N) is 4. The van der Waals surface area contributed by atoms with Gasteiger partial charge in [0.2, 0.25) is 11.7 Å². The van der Waals surface area contributed by atoms with Gasteiger partial charge >= 0.3 is 12.1 Å². The molecular formula is C20H23F3N4O3. The van der Waals surface area contributed by atoms with Crippen LogP contribution >= 0.6 is 0 Å². The molecule has 2 aromatic heterocycles. The summed E-state index contributed by atoms with van der Waals surface area (Å²) in [5.41, 5.74) is 1.90. The lowest BCUT2D eigenvalue weighted by Crippen LogP contribution is -2.11. The number of ether oxygens (including phenoxy) is 1. The van der Waals surface area contributed by atoms with Crippen molar-refractivity contribution in [2.24, 2.45) is 0 Å². The highest BCUT2D eigenvalue weighted by molar-refractivity contribution is 5.61. The van der Waals surface area contributed by atoms with E-state index < -0.39 is 12.1 Å². The molecule has 0 N–H and O–H groups in total. The molecule has 2 heterocycles. The third-order valence-corrected chi connectivity index (χ3v) is 4.63. The number of rotatable bonds is 7. The van der Waals surface area contributed by atoms with E-state index in [1.807, 2.05) is 20.8 Å². The molecule has 3 aromatic rings. The average Bonchev–Trinajstić information content (AvgIpc) is 3.33. The van der Waals surface area contributed by atoms with Crippen LogP contribution in [-0.2, 0) is 6.18 Å². The highest BCUT2D eigenvalue weighted by Crippen LogP contribution is 2.33. The Labute approximate surface area is 171 Å². The summed E-state index contributed by atoms with van der Waals surface area (Å²) in [6.45, 7) is 9.92. The fourth-order valence-corrected chi connectivity index (χ4v) is 2.96. The molecule has 0 saturated heterocycles. The monoisotopic (exact) mass is 424 g/mol. The number of hydrogen-bond donors (Lipinski definition) is 0. The quantitative estimate of drug-likeness (QED) is 0.498. The first-order valence-corrected chi connectivity index (χ1v) is 9.59. The molecule has 0 saturated carbocycles. The largest absolute Gasteiger partial charge is 0.492 e. The molecule has 30 heavy (non-hydrogen) atoms. The van der Waals surface area contributed by atoms with Gasteiger partial charge < -0.3 is 13.8 Å². The van der Waals surface area contributed by atoms with Gasteiger partial charge in [0, 0.05) is 11.5 Å². The van der Waals surface area contributed by atoms with Crippen LogP contribution in [0.1, 0.15) is 67.8 Å². The molecule has 1 aromatic carbocycles. The second-order valence-corrected chi connectivity index (χ2v) is 7.42. The van der Waals surface area contributed by atoms with Crippen molar-refractivity contribution in [3.63, 3.8) is 0 Å². The van der Waals surface area contributed by atoms with Crippen molar-refractivity contribution in [3.05, 3.63) is 40.9 Å². The molecule has 0 aliphatic carbocycles. The van der Waals surface area contributed by atoms with E-state index in [1.54, 1.807) is 26.0 Å². The van der Waals surface area contributed by atoms with Crippen molar-refractivity contribution in [3.8, 4) is 17.1 Å². The smallest absolute Gasteiger partial charge is 0.471 e.